The van der Waals surface area contributed by atoms with Crippen LogP contribution in [0.3, 0.4) is 0 Å². The molecule has 4 aromatic rings. The highest BCUT2D eigenvalue weighted by atomic mass is 32.2. The topological polar surface area (TPSA) is 96.3 Å². The van der Waals surface area contributed by atoms with Gasteiger partial charge in [0, 0.05) is 6.42 Å². The summed E-state index contributed by atoms with van der Waals surface area (Å²) in [5.41, 5.74) is 1.46. The summed E-state index contributed by atoms with van der Waals surface area (Å²) in [7, 11) is -2.80. The van der Waals surface area contributed by atoms with E-state index in [0.29, 0.717) is 0 Å². The van der Waals surface area contributed by atoms with Crippen molar-refractivity contribution < 1.29 is 17.9 Å². The first-order valence-electron chi connectivity index (χ1n) is 12.1. The van der Waals surface area contributed by atoms with Crippen molar-refractivity contribution in [2.45, 2.75) is 28.1 Å². The zero-order valence-electron chi connectivity index (χ0n) is 20.9. The summed E-state index contributed by atoms with van der Waals surface area (Å²) >= 11 is 0. The molecule has 4 rings (SSSR count). The zero-order chi connectivity index (χ0) is 27.0. The van der Waals surface area contributed by atoms with Gasteiger partial charge in [0.1, 0.15) is 6.04 Å². The summed E-state index contributed by atoms with van der Waals surface area (Å²) in [6.45, 7) is 0. The van der Waals surface area contributed by atoms with Gasteiger partial charge in [0.15, 0.2) is 15.1 Å². The van der Waals surface area contributed by atoms with Gasteiger partial charge < -0.3 is 4.74 Å². The molecule has 7 heteroatoms. The quantitative estimate of drug-likeness (QED) is 0.235. The molecule has 192 valence electrons. The molecule has 0 heterocycles. The summed E-state index contributed by atoms with van der Waals surface area (Å²) < 4.78 is 31.9. The minimum Gasteiger partial charge on any atom is -0.468 e. The van der Waals surface area contributed by atoms with Crippen molar-refractivity contribution in [3.8, 4) is 6.07 Å². The molecule has 0 aliphatic rings. The number of methoxy groups -OCH3 is 1. The smallest absolute Gasteiger partial charge is 0.322 e. The third kappa shape index (κ3) is 5.37. The molecule has 0 saturated carbocycles. The SMILES string of the molecule is COC(=O)[C@H](CC(C#N)S(=O)(=O)c1ccccc1)NC(c1ccccc1)(c1ccccc1)c1ccccc1. The first kappa shape index (κ1) is 26.8. The van der Waals surface area contributed by atoms with Gasteiger partial charge >= 0.3 is 5.97 Å². The molecule has 0 fully saturated rings. The van der Waals surface area contributed by atoms with Gasteiger partial charge in [-0.25, -0.2) is 8.42 Å². The van der Waals surface area contributed by atoms with Crippen LogP contribution in [-0.2, 0) is 24.9 Å². The van der Waals surface area contributed by atoms with Crippen LogP contribution < -0.4 is 5.32 Å². The Morgan fingerprint density at radius 2 is 1.18 bits per heavy atom. The number of hydrogen-bond acceptors (Lipinski definition) is 6. The molecule has 4 aromatic carbocycles. The molecule has 0 aliphatic heterocycles. The van der Waals surface area contributed by atoms with E-state index < -0.39 is 32.6 Å². The van der Waals surface area contributed by atoms with E-state index in [2.05, 4.69) is 5.32 Å². The number of carbonyl (C=O) groups excluding carboxylic acids is 1. The van der Waals surface area contributed by atoms with Crippen molar-refractivity contribution in [1.29, 1.82) is 5.26 Å². The second kappa shape index (κ2) is 11.9. The Morgan fingerprint density at radius 3 is 1.55 bits per heavy atom. The van der Waals surface area contributed by atoms with Crippen molar-refractivity contribution in [2.24, 2.45) is 0 Å². The van der Waals surface area contributed by atoms with Crippen LogP contribution in [0.25, 0.3) is 0 Å². The first-order chi connectivity index (χ1) is 18.4. The molecule has 0 saturated heterocycles. The van der Waals surface area contributed by atoms with Gasteiger partial charge in [0.25, 0.3) is 0 Å². The standard InChI is InChI=1S/C31H28N2O4S/c1-37-30(34)29(22-28(23-32)38(35,36)27-20-12-5-13-21-27)33-31(24-14-6-2-7-15-24,25-16-8-3-9-17-25)26-18-10-4-11-19-26/h2-21,28-29,33H,22H2,1H3/t28?,29-/m0/s1. The third-order valence-corrected chi connectivity index (χ3v) is 8.51. The second-order valence-corrected chi connectivity index (χ2v) is 10.9. The number of rotatable bonds is 10. The molecule has 38 heavy (non-hydrogen) atoms. The number of nitriles is 1. The normalized spacial score (nSPS) is 13.2. The van der Waals surface area contributed by atoms with Crippen LogP contribution in [0.15, 0.2) is 126 Å². The molecule has 0 amide bonds. The van der Waals surface area contributed by atoms with Crippen LogP contribution in [0, 0.1) is 11.3 Å². The molecular formula is C31H28N2O4S. The molecule has 0 radical (unpaired) electrons. The van der Waals surface area contributed by atoms with Crippen molar-refractivity contribution in [2.75, 3.05) is 7.11 Å². The van der Waals surface area contributed by atoms with Crippen molar-refractivity contribution in [3.63, 3.8) is 0 Å². The van der Waals surface area contributed by atoms with Crippen LogP contribution in [-0.4, -0.2) is 32.8 Å². The number of ether oxygens (including phenoxy) is 1. The molecule has 6 nitrogen and oxygen atoms in total. The van der Waals surface area contributed by atoms with Crippen molar-refractivity contribution >= 4 is 15.8 Å². The Hall–Kier alpha value is -4.25. The Kier molecular flexibility index (Phi) is 8.37. The maximum atomic E-state index is 13.4. The molecule has 0 spiro atoms. The van der Waals surface area contributed by atoms with E-state index in [1.165, 1.54) is 19.2 Å². The Balaban J connectivity index is 1.87. The van der Waals surface area contributed by atoms with Gasteiger partial charge in [0.2, 0.25) is 0 Å². The average Bonchev–Trinajstić information content (AvgIpc) is 2.98. The predicted molar refractivity (Wildman–Crippen MR) is 146 cm³/mol. The predicted octanol–water partition coefficient (Wildman–Crippen LogP) is 4.87. The zero-order valence-corrected chi connectivity index (χ0v) is 21.7. The van der Waals surface area contributed by atoms with E-state index in [9.17, 15) is 18.5 Å². The summed E-state index contributed by atoms with van der Waals surface area (Å²) in [4.78, 5) is 13.2. The van der Waals surface area contributed by atoms with E-state index in [-0.39, 0.29) is 11.3 Å². The molecule has 0 aliphatic carbocycles. The van der Waals surface area contributed by atoms with E-state index in [4.69, 9.17) is 4.74 Å². The molecular weight excluding hydrogens is 496 g/mol. The molecule has 0 bridgehead atoms. The van der Waals surface area contributed by atoms with E-state index in [1.807, 2.05) is 97.1 Å². The number of esters is 1. The summed E-state index contributed by atoms with van der Waals surface area (Å²) in [5, 5.41) is 11.9. The number of benzene rings is 4. The fourth-order valence-electron chi connectivity index (χ4n) is 4.67. The fraction of sp³-hybridized carbons (Fsp3) is 0.161. The maximum absolute atomic E-state index is 13.4. The van der Waals surface area contributed by atoms with Gasteiger partial charge in [-0.1, -0.05) is 109 Å². The number of hydrogen-bond donors (Lipinski definition) is 1. The lowest BCUT2D eigenvalue weighted by Crippen LogP contribution is -2.54. The van der Waals surface area contributed by atoms with Crippen LogP contribution in [0.2, 0.25) is 0 Å². The minimum absolute atomic E-state index is 0.0237. The second-order valence-electron chi connectivity index (χ2n) is 8.78. The molecule has 2 atom stereocenters. The average molecular weight is 525 g/mol. The number of carbonyl (C=O) groups is 1. The van der Waals surface area contributed by atoms with Crippen LogP contribution in [0.5, 0.6) is 0 Å². The van der Waals surface area contributed by atoms with E-state index >= 15 is 0 Å². The number of nitrogens with zero attached hydrogens (tertiary/aromatic N) is 1. The third-order valence-electron chi connectivity index (χ3n) is 6.54. The Bertz CT molecular complexity index is 1390. The summed E-state index contributed by atoms with van der Waals surface area (Å²) in [5.74, 6) is -0.666. The highest BCUT2D eigenvalue weighted by Gasteiger charge is 2.42. The summed E-state index contributed by atoms with van der Waals surface area (Å²) in [6, 6.07) is 37.4. The summed E-state index contributed by atoms with van der Waals surface area (Å²) in [6.07, 6.45) is -0.311. The maximum Gasteiger partial charge on any atom is 0.322 e. The Morgan fingerprint density at radius 1 is 0.789 bits per heavy atom. The van der Waals surface area contributed by atoms with Crippen LogP contribution in [0.4, 0.5) is 0 Å². The van der Waals surface area contributed by atoms with E-state index in [1.54, 1.807) is 18.2 Å². The highest BCUT2D eigenvalue weighted by molar-refractivity contribution is 7.92. The van der Waals surface area contributed by atoms with Crippen LogP contribution >= 0.6 is 0 Å². The lowest BCUT2D eigenvalue weighted by atomic mass is 9.76. The van der Waals surface area contributed by atoms with E-state index in [0.717, 1.165) is 16.7 Å². The monoisotopic (exact) mass is 524 g/mol. The van der Waals surface area contributed by atoms with Crippen molar-refractivity contribution in [1.82, 2.24) is 5.32 Å². The lowest BCUT2D eigenvalue weighted by molar-refractivity contribution is -0.143. The van der Waals surface area contributed by atoms with Crippen LogP contribution in [0.1, 0.15) is 23.1 Å². The van der Waals surface area contributed by atoms with Crippen molar-refractivity contribution in [3.05, 3.63) is 138 Å². The highest BCUT2D eigenvalue weighted by Crippen LogP contribution is 2.38. The molecule has 1 unspecified atom stereocenters. The van der Waals surface area contributed by atoms with Gasteiger partial charge in [-0.05, 0) is 28.8 Å². The largest absolute Gasteiger partial charge is 0.468 e. The van der Waals surface area contributed by atoms with Gasteiger partial charge in [-0.3, -0.25) is 10.1 Å². The number of nitrogens with one attached hydrogen (secondary N) is 1. The van der Waals surface area contributed by atoms with Gasteiger partial charge in [-0.15, -0.1) is 0 Å². The fourth-order valence-corrected chi connectivity index (χ4v) is 6.12. The Labute approximate surface area is 223 Å². The lowest BCUT2D eigenvalue weighted by Gasteiger charge is -2.39. The first-order valence-corrected chi connectivity index (χ1v) is 13.7. The molecule has 0 aromatic heterocycles. The number of sulfone groups is 1. The minimum atomic E-state index is -4.05. The van der Waals surface area contributed by atoms with Gasteiger partial charge in [-0.2, -0.15) is 5.26 Å². The molecule has 1 N–H and O–H groups in total. The van der Waals surface area contributed by atoms with Gasteiger partial charge in [0.05, 0.1) is 23.6 Å².